The van der Waals surface area contributed by atoms with E-state index in [2.05, 4.69) is 10.3 Å². The third kappa shape index (κ3) is 3.54. The fraction of sp³-hybridized carbons (Fsp3) is 0.0476. The molecule has 28 heavy (non-hydrogen) atoms. The molecule has 0 saturated heterocycles. The number of benzene rings is 2. The number of imidazole rings is 1. The highest BCUT2D eigenvalue weighted by atomic mass is 35.5. The van der Waals surface area contributed by atoms with Crippen molar-refractivity contribution in [3.8, 4) is 17.0 Å². The highest BCUT2D eigenvalue weighted by Gasteiger charge is 2.18. The number of aromatic nitrogens is 2. The van der Waals surface area contributed by atoms with Crippen LogP contribution in [0.15, 0.2) is 66.9 Å². The van der Waals surface area contributed by atoms with Crippen LogP contribution >= 0.6 is 23.2 Å². The van der Waals surface area contributed by atoms with Crippen molar-refractivity contribution in [2.45, 2.75) is 0 Å². The average molecular weight is 412 g/mol. The van der Waals surface area contributed by atoms with Crippen LogP contribution in [0, 0.1) is 0 Å². The minimum absolute atomic E-state index is 0.329. The Kier molecular flexibility index (Phi) is 4.94. The lowest BCUT2D eigenvalue weighted by atomic mass is 10.1. The molecular weight excluding hydrogens is 397 g/mol. The summed E-state index contributed by atoms with van der Waals surface area (Å²) in [6, 6.07) is 17.8. The second-order valence-corrected chi connectivity index (χ2v) is 6.95. The van der Waals surface area contributed by atoms with Gasteiger partial charge in [0.1, 0.15) is 22.9 Å². The van der Waals surface area contributed by atoms with E-state index in [1.807, 2.05) is 53.1 Å². The number of anilines is 1. The van der Waals surface area contributed by atoms with Crippen molar-refractivity contribution >= 4 is 40.6 Å². The van der Waals surface area contributed by atoms with Crippen molar-refractivity contribution in [3.05, 3.63) is 82.5 Å². The van der Waals surface area contributed by atoms with E-state index in [-0.39, 0.29) is 5.91 Å². The van der Waals surface area contributed by atoms with Gasteiger partial charge in [0.25, 0.3) is 5.91 Å². The van der Waals surface area contributed by atoms with E-state index in [4.69, 9.17) is 27.9 Å². The lowest BCUT2D eigenvalue weighted by molar-refractivity contribution is 0.102. The monoisotopic (exact) mass is 411 g/mol. The second-order valence-electron chi connectivity index (χ2n) is 6.08. The predicted octanol–water partition coefficient (Wildman–Crippen LogP) is 5.57. The van der Waals surface area contributed by atoms with Crippen molar-refractivity contribution in [2.75, 3.05) is 12.4 Å². The van der Waals surface area contributed by atoms with Gasteiger partial charge < -0.3 is 10.1 Å². The Labute approximate surface area is 171 Å². The Morgan fingerprint density at radius 2 is 1.75 bits per heavy atom. The van der Waals surface area contributed by atoms with Crippen molar-refractivity contribution in [3.63, 3.8) is 0 Å². The molecule has 2 heterocycles. The van der Waals surface area contributed by atoms with E-state index < -0.39 is 0 Å². The number of hydrogen-bond acceptors (Lipinski definition) is 3. The molecular formula is C21H15Cl2N3O2. The molecule has 1 amide bonds. The summed E-state index contributed by atoms with van der Waals surface area (Å²) in [5.41, 5.74) is 2.58. The lowest BCUT2D eigenvalue weighted by Gasteiger charge is -2.09. The molecule has 5 nitrogen and oxygen atoms in total. The maximum Gasteiger partial charge on any atom is 0.256 e. The molecule has 0 aliphatic heterocycles. The first kappa shape index (κ1) is 18.3. The molecule has 0 spiro atoms. The molecule has 0 atom stereocenters. The summed E-state index contributed by atoms with van der Waals surface area (Å²) in [5.74, 6) is 0.971. The largest absolute Gasteiger partial charge is 0.497 e. The number of methoxy groups -OCH3 is 1. The highest BCUT2D eigenvalue weighted by Crippen LogP contribution is 2.30. The van der Waals surface area contributed by atoms with Gasteiger partial charge in [-0.1, -0.05) is 29.3 Å². The van der Waals surface area contributed by atoms with Gasteiger partial charge in [0, 0.05) is 27.4 Å². The number of carbonyl (C=O) groups is 1. The number of nitrogens with one attached hydrogen (secondary N) is 1. The van der Waals surface area contributed by atoms with Gasteiger partial charge in [-0.25, -0.2) is 4.98 Å². The van der Waals surface area contributed by atoms with Gasteiger partial charge in [-0.05, 0) is 54.6 Å². The number of fused-ring (bicyclic) bond motifs is 1. The minimum atomic E-state index is -0.329. The molecule has 2 aromatic carbocycles. The zero-order chi connectivity index (χ0) is 19.7. The summed E-state index contributed by atoms with van der Waals surface area (Å²) in [6.45, 7) is 0. The molecule has 1 N–H and O–H groups in total. The van der Waals surface area contributed by atoms with Crippen molar-refractivity contribution in [1.29, 1.82) is 0 Å². The number of nitrogens with zero attached hydrogens (tertiary/aromatic N) is 2. The Morgan fingerprint density at radius 1 is 1.04 bits per heavy atom. The summed E-state index contributed by atoms with van der Waals surface area (Å²) >= 11 is 12.1. The quantitative estimate of drug-likeness (QED) is 0.477. The van der Waals surface area contributed by atoms with Gasteiger partial charge in [0.05, 0.1) is 7.11 Å². The Balaban J connectivity index is 1.79. The normalized spacial score (nSPS) is 10.8. The van der Waals surface area contributed by atoms with E-state index in [0.29, 0.717) is 32.8 Å². The van der Waals surface area contributed by atoms with Gasteiger partial charge in [-0.3, -0.25) is 9.20 Å². The molecule has 0 fully saturated rings. The number of amides is 1. The molecule has 0 radical (unpaired) electrons. The summed E-state index contributed by atoms with van der Waals surface area (Å²) in [5, 5.41) is 3.73. The third-order valence-electron chi connectivity index (χ3n) is 4.25. The van der Waals surface area contributed by atoms with E-state index in [0.717, 1.165) is 11.3 Å². The van der Waals surface area contributed by atoms with Crippen molar-refractivity contribution < 1.29 is 9.53 Å². The first-order chi connectivity index (χ1) is 13.5. The first-order valence-electron chi connectivity index (χ1n) is 8.44. The van der Waals surface area contributed by atoms with Crippen LogP contribution in [0.1, 0.15) is 10.4 Å². The van der Waals surface area contributed by atoms with E-state index in [1.165, 1.54) is 0 Å². The molecule has 2 aromatic heterocycles. The summed E-state index contributed by atoms with van der Waals surface area (Å²) in [4.78, 5) is 17.5. The summed E-state index contributed by atoms with van der Waals surface area (Å²) in [7, 11) is 1.61. The number of pyridine rings is 1. The molecule has 0 aliphatic carbocycles. The van der Waals surface area contributed by atoms with Crippen LogP contribution in [0.5, 0.6) is 5.75 Å². The van der Waals surface area contributed by atoms with Crippen LogP contribution < -0.4 is 10.1 Å². The molecule has 4 rings (SSSR count). The van der Waals surface area contributed by atoms with Crippen molar-refractivity contribution in [1.82, 2.24) is 9.38 Å². The van der Waals surface area contributed by atoms with Gasteiger partial charge in [0.2, 0.25) is 0 Å². The lowest BCUT2D eigenvalue weighted by Crippen LogP contribution is -2.14. The molecule has 7 heteroatoms. The molecule has 4 aromatic rings. The zero-order valence-electron chi connectivity index (χ0n) is 14.8. The van der Waals surface area contributed by atoms with Crippen LogP contribution in [-0.4, -0.2) is 22.4 Å². The van der Waals surface area contributed by atoms with Crippen LogP contribution in [0.2, 0.25) is 10.0 Å². The second kappa shape index (κ2) is 7.54. The van der Waals surface area contributed by atoms with Gasteiger partial charge in [-0.2, -0.15) is 0 Å². The standard InChI is InChI=1S/C21H15Cl2N3O2/c1-28-17-7-5-13(6-8-17)19-20(26-9-3-2-4-18(26)24-19)25-21(27)14-10-15(22)12-16(23)11-14/h2-12H,1H3,(H,25,27). The number of rotatable bonds is 4. The van der Waals surface area contributed by atoms with E-state index in [9.17, 15) is 4.79 Å². The first-order valence-corrected chi connectivity index (χ1v) is 9.20. The maximum absolute atomic E-state index is 12.9. The Morgan fingerprint density at radius 3 is 2.43 bits per heavy atom. The Hall–Kier alpha value is -3.02. The molecule has 0 aliphatic rings. The fourth-order valence-corrected chi connectivity index (χ4v) is 3.46. The van der Waals surface area contributed by atoms with Crippen LogP contribution in [0.25, 0.3) is 16.9 Å². The van der Waals surface area contributed by atoms with Gasteiger partial charge in [-0.15, -0.1) is 0 Å². The van der Waals surface area contributed by atoms with Gasteiger partial charge in [0.15, 0.2) is 0 Å². The predicted molar refractivity (Wildman–Crippen MR) is 112 cm³/mol. The molecule has 140 valence electrons. The number of carbonyl (C=O) groups excluding carboxylic acids is 1. The van der Waals surface area contributed by atoms with Crippen LogP contribution in [0.3, 0.4) is 0 Å². The van der Waals surface area contributed by atoms with E-state index in [1.54, 1.807) is 25.3 Å². The van der Waals surface area contributed by atoms with Gasteiger partial charge >= 0.3 is 0 Å². The number of halogens is 2. The maximum atomic E-state index is 12.9. The zero-order valence-corrected chi connectivity index (χ0v) is 16.3. The minimum Gasteiger partial charge on any atom is -0.497 e. The average Bonchev–Trinajstić information content (AvgIpc) is 3.06. The smallest absolute Gasteiger partial charge is 0.256 e. The van der Waals surface area contributed by atoms with Crippen molar-refractivity contribution in [2.24, 2.45) is 0 Å². The molecule has 0 bridgehead atoms. The van der Waals surface area contributed by atoms with E-state index >= 15 is 0 Å². The highest BCUT2D eigenvalue weighted by molar-refractivity contribution is 6.35. The SMILES string of the molecule is COc1ccc(-c2nc3ccccn3c2NC(=O)c2cc(Cl)cc(Cl)c2)cc1. The molecule has 0 unspecified atom stereocenters. The number of ether oxygens (including phenoxy) is 1. The molecule has 0 saturated carbocycles. The fourth-order valence-electron chi connectivity index (χ4n) is 2.93. The number of hydrogen-bond donors (Lipinski definition) is 1. The third-order valence-corrected chi connectivity index (χ3v) is 4.69. The topological polar surface area (TPSA) is 55.6 Å². The summed E-state index contributed by atoms with van der Waals surface area (Å²) < 4.78 is 7.04. The summed E-state index contributed by atoms with van der Waals surface area (Å²) in [6.07, 6.45) is 1.84. The Bertz CT molecular complexity index is 1150. The van der Waals surface area contributed by atoms with Crippen LogP contribution in [-0.2, 0) is 0 Å². The van der Waals surface area contributed by atoms with Crippen LogP contribution in [0.4, 0.5) is 5.82 Å².